The van der Waals surface area contributed by atoms with Crippen molar-refractivity contribution in [2.75, 3.05) is 5.32 Å². The van der Waals surface area contributed by atoms with E-state index in [1.54, 1.807) is 42.9 Å². The van der Waals surface area contributed by atoms with Gasteiger partial charge in [0.15, 0.2) is 5.82 Å². The Labute approximate surface area is 198 Å². The number of pyridine rings is 1. The number of nitrogens with zero attached hydrogens (tertiary/aromatic N) is 5. The van der Waals surface area contributed by atoms with Gasteiger partial charge in [-0.15, -0.1) is 10.2 Å². The Morgan fingerprint density at radius 1 is 1.09 bits per heavy atom. The van der Waals surface area contributed by atoms with Crippen LogP contribution < -0.4 is 5.32 Å². The third-order valence-corrected chi connectivity index (χ3v) is 5.49. The first kappa shape index (κ1) is 24.3. The predicted octanol–water partition coefficient (Wildman–Crippen LogP) is 5.16. The van der Waals surface area contributed by atoms with Crippen molar-refractivity contribution in [3.8, 4) is 17.1 Å². The number of aromatic nitrogens is 5. The molecule has 3 aromatic heterocycles. The molecule has 11 heteroatoms. The number of imidazole rings is 1. The highest BCUT2D eigenvalue weighted by Crippen LogP contribution is 2.34. The average molecular weight is 486 g/mol. The van der Waals surface area contributed by atoms with Crippen molar-refractivity contribution >= 4 is 5.82 Å². The van der Waals surface area contributed by atoms with Gasteiger partial charge in [0.1, 0.15) is 11.5 Å². The van der Waals surface area contributed by atoms with Crippen LogP contribution in [0.25, 0.3) is 17.1 Å². The molecule has 7 nitrogen and oxygen atoms in total. The number of rotatable bonds is 6. The van der Waals surface area contributed by atoms with E-state index in [2.05, 4.69) is 25.5 Å². The van der Waals surface area contributed by atoms with Crippen LogP contribution in [0.2, 0.25) is 0 Å². The number of nitrogens with one attached hydrogen (secondary N) is 1. The van der Waals surface area contributed by atoms with Gasteiger partial charge in [-0.3, -0.25) is 0 Å². The Morgan fingerprint density at radius 3 is 2.49 bits per heavy atom. The lowest BCUT2D eigenvalue weighted by Gasteiger charge is -2.19. The van der Waals surface area contributed by atoms with Crippen LogP contribution in [0.3, 0.4) is 0 Å². The van der Waals surface area contributed by atoms with Crippen molar-refractivity contribution in [2.24, 2.45) is 0 Å². The summed E-state index contributed by atoms with van der Waals surface area (Å²) in [6.45, 7) is 4.84. The van der Waals surface area contributed by atoms with Gasteiger partial charge in [0.2, 0.25) is 0 Å². The monoisotopic (exact) mass is 486 g/mol. The van der Waals surface area contributed by atoms with E-state index in [1.165, 1.54) is 12.1 Å². The Kier molecular flexibility index (Phi) is 6.53. The molecule has 1 atom stereocenters. The zero-order chi connectivity index (χ0) is 25.3. The summed E-state index contributed by atoms with van der Waals surface area (Å²) < 4.78 is 55.4. The summed E-state index contributed by atoms with van der Waals surface area (Å²) in [7, 11) is 0. The second-order valence-electron chi connectivity index (χ2n) is 8.08. The van der Waals surface area contributed by atoms with Gasteiger partial charge in [-0.25, -0.2) is 14.4 Å². The molecule has 3 heterocycles. The summed E-state index contributed by atoms with van der Waals surface area (Å²) in [5, 5.41) is 21.0. The maximum atomic E-state index is 14.5. The second kappa shape index (κ2) is 9.41. The molecule has 0 aliphatic carbocycles. The van der Waals surface area contributed by atoms with Gasteiger partial charge in [0, 0.05) is 11.8 Å². The summed E-state index contributed by atoms with van der Waals surface area (Å²) in [5.41, 5.74) is 2.03. The summed E-state index contributed by atoms with van der Waals surface area (Å²) in [5.74, 6) is -1.03. The largest absolute Gasteiger partial charge is 0.419 e. The van der Waals surface area contributed by atoms with Crippen molar-refractivity contribution in [1.29, 1.82) is 0 Å². The quantitative estimate of drug-likeness (QED) is 0.366. The van der Waals surface area contributed by atoms with Crippen LogP contribution in [0.5, 0.6) is 0 Å². The first-order chi connectivity index (χ1) is 16.6. The number of anilines is 1. The van der Waals surface area contributed by atoms with Crippen molar-refractivity contribution < 1.29 is 22.7 Å². The number of aliphatic hydroxyl groups excluding tert-OH is 1. The molecule has 0 radical (unpaired) electrons. The van der Waals surface area contributed by atoms with Crippen LogP contribution in [0.1, 0.15) is 41.0 Å². The number of halogens is 4. The van der Waals surface area contributed by atoms with Crippen molar-refractivity contribution in [3.63, 3.8) is 0 Å². The van der Waals surface area contributed by atoms with Crippen molar-refractivity contribution in [2.45, 2.75) is 39.6 Å². The molecular weight excluding hydrogens is 464 g/mol. The Hall–Kier alpha value is -3.86. The van der Waals surface area contributed by atoms with E-state index in [-0.39, 0.29) is 12.2 Å². The number of aliphatic hydroxyl groups is 1. The van der Waals surface area contributed by atoms with Crippen LogP contribution in [0.4, 0.5) is 23.4 Å². The molecule has 2 N–H and O–H groups in total. The first-order valence-electron chi connectivity index (χ1n) is 10.7. The summed E-state index contributed by atoms with van der Waals surface area (Å²) in [6.07, 6.45) is -1.34. The molecule has 0 aliphatic heterocycles. The topological polar surface area (TPSA) is 88.8 Å². The van der Waals surface area contributed by atoms with Gasteiger partial charge < -0.3 is 15.0 Å². The normalized spacial score (nSPS) is 12.6. The van der Waals surface area contributed by atoms with Gasteiger partial charge >= 0.3 is 6.18 Å². The highest BCUT2D eigenvalue weighted by atomic mass is 19.4. The Bertz CT molecular complexity index is 1370. The van der Waals surface area contributed by atoms with Crippen LogP contribution >= 0.6 is 0 Å². The lowest BCUT2D eigenvalue weighted by atomic mass is 10.0. The maximum Gasteiger partial charge on any atom is 0.419 e. The molecule has 0 unspecified atom stereocenters. The molecule has 0 spiro atoms. The zero-order valence-electron chi connectivity index (χ0n) is 19.1. The van der Waals surface area contributed by atoms with Crippen LogP contribution in [-0.4, -0.2) is 29.8 Å². The Morgan fingerprint density at radius 2 is 1.86 bits per heavy atom. The molecule has 4 rings (SSSR count). The molecule has 35 heavy (non-hydrogen) atoms. The molecule has 182 valence electrons. The third kappa shape index (κ3) is 4.99. The molecule has 0 amide bonds. The number of alkyl halides is 3. The van der Waals surface area contributed by atoms with E-state index in [1.807, 2.05) is 13.1 Å². The summed E-state index contributed by atoms with van der Waals surface area (Å²) in [4.78, 5) is 8.68. The van der Waals surface area contributed by atoms with E-state index in [9.17, 15) is 22.7 Å². The second-order valence-corrected chi connectivity index (χ2v) is 8.08. The van der Waals surface area contributed by atoms with E-state index in [4.69, 9.17) is 0 Å². The molecule has 0 saturated heterocycles. The standard InChI is InChI=1S/C24H22F4N6O/c1-13-9-19(18-7-8-21(20(11-35)31-18)34-10-14(2)29-12-34)32-33-23(13)30-15(3)16-5-4-6-17(22(16)25)24(26,27)28/h4-10,12,15,35H,11H2,1-3H3,(H,30,33)/t15-/m0/s1. The molecule has 0 aliphatic rings. The molecule has 0 bridgehead atoms. The minimum atomic E-state index is -4.79. The van der Waals surface area contributed by atoms with Crippen LogP contribution in [0, 0.1) is 19.7 Å². The van der Waals surface area contributed by atoms with E-state index in [0.717, 1.165) is 5.69 Å². The van der Waals surface area contributed by atoms with Crippen molar-refractivity contribution in [3.05, 3.63) is 82.8 Å². The zero-order valence-corrected chi connectivity index (χ0v) is 19.1. The van der Waals surface area contributed by atoms with E-state index < -0.39 is 23.6 Å². The van der Waals surface area contributed by atoms with Crippen LogP contribution in [-0.2, 0) is 12.8 Å². The highest BCUT2D eigenvalue weighted by molar-refractivity contribution is 5.60. The molecule has 1 aromatic carbocycles. The molecule has 0 saturated carbocycles. The first-order valence-corrected chi connectivity index (χ1v) is 10.7. The highest BCUT2D eigenvalue weighted by Gasteiger charge is 2.35. The fourth-order valence-corrected chi connectivity index (χ4v) is 3.68. The van der Waals surface area contributed by atoms with Gasteiger partial charge in [-0.05, 0) is 50.6 Å². The number of benzene rings is 1. The third-order valence-electron chi connectivity index (χ3n) is 5.49. The lowest BCUT2D eigenvalue weighted by Crippen LogP contribution is -2.15. The number of aryl methyl sites for hydroxylation is 2. The van der Waals surface area contributed by atoms with Crippen LogP contribution in [0.15, 0.2) is 48.9 Å². The fourth-order valence-electron chi connectivity index (χ4n) is 3.68. The van der Waals surface area contributed by atoms with Gasteiger partial charge in [-0.2, -0.15) is 13.2 Å². The molecule has 0 fully saturated rings. The average Bonchev–Trinajstić information content (AvgIpc) is 3.25. The van der Waals surface area contributed by atoms with Gasteiger partial charge in [0.05, 0.1) is 47.3 Å². The Balaban J connectivity index is 1.59. The van der Waals surface area contributed by atoms with Crippen molar-refractivity contribution in [1.82, 2.24) is 24.7 Å². The van der Waals surface area contributed by atoms with Gasteiger partial charge in [0.25, 0.3) is 0 Å². The minimum absolute atomic E-state index is 0.135. The van der Waals surface area contributed by atoms with E-state index >= 15 is 0 Å². The summed E-state index contributed by atoms with van der Waals surface area (Å²) in [6, 6.07) is 7.60. The fraction of sp³-hybridized carbons (Fsp3) is 0.250. The smallest absolute Gasteiger partial charge is 0.390 e. The van der Waals surface area contributed by atoms with E-state index in [0.29, 0.717) is 40.2 Å². The molecule has 4 aromatic rings. The maximum absolute atomic E-state index is 14.5. The van der Waals surface area contributed by atoms with Gasteiger partial charge in [-0.1, -0.05) is 12.1 Å². The predicted molar refractivity (Wildman–Crippen MR) is 121 cm³/mol. The number of hydrogen-bond acceptors (Lipinski definition) is 6. The number of hydrogen-bond donors (Lipinski definition) is 2. The minimum Gasteiger partial charge on any atom is -0.390 e. The lowest BCUT2D eigenvalue weighted by molar-refractivity contribution is -0.140. The SMILES string of the molecule is Cc1cn(-c2ccc(-c3cc(C)c(N[C@@H](C)c4cccc(C(F)(F)F)c4F)nn3)nc2CO)cn1. The summed E-state index contributed by atoms with van der Waals surface area (Å²) >= 11 is 0. The molecular formula is C24H22F4N6O.